The van der Waals surface area contributed by atoms with Gasteiger partial charge in [0.2, 0.25) is 5.91 Å². The highest BCUT2D eigenvalue weighted by molar-refractivity contribution is 5.79. The molecule has 178 valence electrons. The number of ether oxygens (including phenoxy) is 1. The molecule has 2 saturated heterocycles. The van der Waals surface area contributed by atoms with Crippen molar-refractivity contribution in [1.29, 1.82) is 0 Å². The van der Waals surface area contributed by atoms with E-state index in [0.29, 0.717) is 18.7 Å². The van der Waals surface area contributed by atoms with E-state index in [1.807, 2.05) is 29.2 Å². The molecule has 7 heteroatoms. The minimum atomic E-state index is -4.37. The van der Waals surface area contributed by atoms with Crippen molar-refractivity contribution in [3.63, 3.8) is 0 Å². The molecule has 2 heterocycles. The van der Waals surface area contributed by atoms with Crippen molar-refractivity contribution < 1.29 is 22.7 Å². The Kier molecular flexibility index (Phi) is 7.27. The molecular weight excluding hydrogens is 429 g/mol. The molecule has 0 bridgehead atoms. The third-order valence-corrected chi connectivity index (χ3v) is 6.89. The molecular formula is C26H31F3N2O2. The zero-order valence-electron chi connectivity index (χ0n) is 19.0. The van der Waals surface area contributed by atoms with Gasteiger partial charge in [-0.1, -0.05) is 36.8 Å². The zero-order valence-corrected chi connectivity index (χ0v) is 19.0. The number of hydrogen-bond acceptors (Lipinski definition) is 3. The first-order chi connectivity index (χ1) is 15.8. The number of alkyl halides is 3. The van der Waals surface area contributed by atoms with Gasteiger partial charge < -0.3 is 14.5 Å². The SMILES string of the molecule is COc1ccc(CC(=O)N2C[C@H](CN3CCCCC3)[C@@H](c3cccc(C(F)(F)F)c3)C2)cc1. The van der Waals surface area contributed by atoms with Crippen LogP contribution in [0.5, 0.6) is 5.75 Å². The number of hydrogen-bond donors (Lipinski definition) is 0. The molecule has 4 nitrogen and oxygen atoms in total. The van der Waals surface area contributed by atoms with Gasteiger partial charge in [0, 0.05) is 25.6 Å². The van der Waals surface area contributed by atoms with Gasteiger partial charge in [0.05, 0.1) is 19.1 Å². The molecule has 0 N–H and O–H groups in total. The highest BCUT2D eigenvalue weighted by atomic mass is 19.4. The quantitative estimate of drug-likeness (QED) is 0.609. The lowest BCUT2D eigenvalue weighted by molar-refractivity contribution is -0.137. The molecule has 2 fully saturated rings. The molecule has 2 aliphatic rings. The van der Waals surface area contributed by atoms with Gasteiger partial charge in [0.25, 0.3) is 0 Å². The van der Waals surface area contributed by atoms with Crippen molar-refractivity contribution >= 4 is 5.91 Å². The first-order valence-corrected chi connectivity index (χ1v) is 11.6. The molecule has 2 aliphatic heterocycles. The van der Waals surface area contributed by atoms with E-state index < -0.39 is 11.7 Å². The lowest BCUT2D eigenvalue weighted by Crippen LogP contribution is -2.37. The smallest absolute Gasteiger partial charge is 0.416 e. The maximum absolute atomic E-state index is 13.3. The topological polar surface area (TPSA) is 32.8 Å². The van der Waals surface area contributed by atoms with Crippen LogP contribution in [0.1, 0.15) is 41.9 Å². The maximum Gasteiger partial charge on any atom is 0.416 e. The average Bonchev–Trinajstić information content (AvgIpc) is 3.24. The molecule has 1 amide bonds. The Hall–Kier alpha value is -2.54. The molecule has 2 atom stereocenters. The second-order valence-corrected chi connectivity index (χ2v) is 9.17. The fourth-order valence-corrected chi connectivity index (χ4v) is 5.09. The average molecular weight is 461 g/mol. The van der Waals surface area contributed by atoms with Gasteiger partial charge in [-0.3, -0.25) is 4.79 Å². The van der Waals surface area contributed by atoms with Crippen LogP contribution in [-0.2, 0) is 17.4 Å². The number of piperidine rings is 1. The van der Waals surface area contributed by atoms with E-state index in [4.69, 9.17) is 4.74 Å². The van der Waals surface area contributed by atoms with Gasteiger partial charge in [-0.15, -0.1) is 0 Å². The van der Waals surface area contributed by atoms with E-state index in [0.717, 1.165) is 49.9 Å². The monoisotopic (exact) mass is 460 g/mol. The maximum atomic E-state index is 13.3. The van der Waals surface area contributed by atoms with Crippen molar-refractivity contribution in [2.75, 3.05) is 39.8 Å². The third-order valence-electron chi connectivity index (χ3n) is 6.89. The summed E-state index contributed by atoms with van der Waals surface area (Å²) in [6.45, 7) is 3.88. The molecule has 0 aromatic heterocycles. The van der Waals surface area contributed by atoms with Gasteiger partial charge in [0.15, 0.2) is 0 Å². The number of nitrogens with zero attached hydrogens (tertiary/aromatic N) is 2. The van der Waals surface area contributed by atoms with E-state index in [2.05, 4.69) is 4.90 Å². The van der Waals surface area contributed by atoms with Crippen molar-refractivity contribution in [2.24, 2.45) is 5.92 Å². The summed E-state index contributed by atoms with van der Waals surface area (Å²) >= 11 is 0. The van der Waals surface area contributed by atoms with Crippen LogP contribution in [0.4, 0.5) is 13.2 Å². The predicted molar refractivity (Wildman–Crippen MR) is 121 cm³/mol. The molecule has 4 rings (SSSR count). The number of amides is 1. The molecule has 0 unspecified atom stereocenters. The Morgan fingerprint density at radius 2 is 1.76 bits per heavy atom. The summed E-state index contributed by atoms with van der Waals surface area (Å²) in [6.07, 6.45) is -0.566. The number of rotatable bonds is 6. The van der Waals surface area contributed by atoms with Gasteiger partial charge in [0.1, 0.15) is 5.75 Å². The van der Waals surface area contributed by atoms with Gasteiger partial charge in [-0.05, 0) is 61.2 Å². The van der Waals surface area contributed by atoms with E-state index in [1.165, 1.54) is 18.6 Å². The summed E-state index contributed by atoms with van der Waals surface area (Å²) in [4.78, 5) is 17.4. The highest BCUT2D eigenvalue weighted by Crippen LogP contribution is 2.37. The van der Waals surface area contributed by atoms with Crippen LogP contribution < -0.4 is 4.74 Å². The van der Waals surface area contributed by atoms with Gasteiger partial charge in [-0.2, -0.15) is 13.2 Å². The normalized spacial score (nSPS) is 21.9. The van der Waals surface area contributed by atoms with Crippen LogP contribution >= 0.6 is 0 Å². The molecule has 0 radical (unpaired) electrons. The summed E-state index contributed by atoms with van der Waals surface area (Å²) in [5.41, 5.74) is 0.946. The first kappa shape index (κ1) is 23.6. The van der Waals surface area contributed by atoms with Crippen molar-refractivity contribution in [2.45, 2.75) is 37.8 Å². The summed E-state index contributed by atoms with van der Waals surface area (Å²) in [7, 11) is 1.60. The molecule has 0 saturated carbocycles. The van der Waals surface area contributed by atoms with Crippen molar-refractivity contribution in [3.05, 3.63) is 65.2 Å². The second kappa shape index (κ2) is 10.2. The summed E-state index contributed by atoms with van der Waals surface area (Å²) in [5, 5.41) is 0. The lowest BCUT2D eigenvalue weighted by Gasteiger charge is -2.31. The van der Waals surface area contributed by atoms with Crippen molar-refractivity contribution in [1.82, 2.24) is 9.80 Å². The largest absolute Gasteiger partial charge is 0.497 e. The number of benzene rings is 2. The number of carbonyl (C=O) groups is 1. The van der Waals surface area contributed by atoms with Crippen LogP contribution in [0.25, 0.3) is 0 Å². The summed E-state index contributed by atoms with van der Waals surface area (Å²) in [5.74, 6) is 0.761. The van der Waals surface area contributed by atoms with E-state index >= 15 is 0 Å². The highest BCUT2D eigenvalue weighted by Gasteiger charge is 2.38. The second-order valence-electron chi connectivity index (χ2n) is 9.17. The standard InChI is InChI=1S/C26H31F3N2O2/c1-33-23-10-8-19(9-11-23)14-25(32)31-17-21(16-30-12-3-2-4-13-30)24(18-31)20-6-5-7-22(15-20)26(27,28)29/h5-11,15,21,24H,2-4,12-14,16-18H2,1H3/t21-,24+/m0/s1. The van der Waals surface area contributed by atoms with Crippen molar-refractivity contribution in [3.8, 4) is 5.75 Å². The van der Waals surface area contributed by atoms with E-state index in [9.17, 15) is 18.0 Å². The van der Waals surface area contributed by atoms with Crippen LogP contribution in [0, 0.1) is 5.92 Å². The van der Waals surface area contributed by atoms with Crippen LogP contribution in [0.3, 0.4) is 0 Å². The van der Waals surface area contributed by atoms with Crippen LogP contribution in [-0.4, -0.2) is 55.5 Å². The molecule has 2 aromatic rings. The summed E-state index contributed by atoms with van der Waals surface area (Å²) in [6, 6.07) is 13.1. The summed E-state index contributed by atoms with van der Waals surface area (Å²) < 4.78 is 45.2. The van der Waals surface area contributed by atoms with Gasteiger partial charge in [-0.25, -0.2) is 0 Å². The molecule has 0 aliphatic carbocycles. The number of carbonyl (C=O) groups excluding carboxylic acids is 1. The molecule has 0 spiro atoms. The zero-order chi connectivity index (χ0) is 23.4. The Morgan fingerprint density at radius 1 is 1.03 bits per heavy atom. The Morgan fingerprint density at radius 3 is 2.42 bits per heavy atom. The third kappa shape index (κ3) is 5.88. The molecule has 33 heavy (non-hydrogen) atoms. The molecule has 2 aromatic carbocycles. The Bertz CT molecular complexity index is 939. The number of methoxy groups -OCH3 is 1. The van der Waals surface area contributed by atoms with Crippen LogP contribution in [0.15, 0.2) is 48.5 Å². The Balaban J connectivity index is 1.52. The van der Waals surface area contributed by atoms with E-state index in [1.54, 1.807) is 13.2 Å². The minimum absolute atomic E-state index is 0.0123. The number of halogens is 3. The van der Waals surface area contributed by atoms with E-state index in [-0.39, 0.29) is 24.2 Å². The first-order valence-electron chi connectivity index (χ1n) is 11.6. The lowest BCUT2D eigenvalue weighted by atomic mass is 9.87. The number of likely N-dealkylation sites (tertiary alicyclic amines) is 2. The fraction of sp³-hybridized carbons (Fsp3) is 0.500. The fourth-order valence-electron chi connectivity index (χ4n) is 5.09. The minimum Gasteiger partial charge on any atom is -0.497 e. The predicted octanol–water partition coefficient (Wildman–Crippen LogP) is 4.98. The Labute approximate surface area is 193 Å². The van der Waals surface area contributed by atoms with Gasteiger partial charge >= 0.3 is 6.18 Å². The van der Waals surface area contributed by atoms with Crippen LogP contribution in [0.2, 0.25) is 0 Å².